The van der Waals surface area contributed by atoms with Gasteiger partial charge in [-0.3, -0.25) is 0 Å². The van der Waals surface area contributed by atoms with E-state index in [0.717, 1.165) is 5.56 Å². The molecule has 0 aliphatic carbocycles. The molecule has 1 heterocycles. The first kappa shape index (κ1) is 11.0. The monoisotopic (exact) mass is 228 g/mol. The molecule has 0 saturated carbocycles. The summed E-state index contributed by atoms with van der Waals surface area (Å²) in [5, 5.41) is 11.7. The Morgan fingerprint density at radius 2 is 2.00 bits per heavy atom. The van der Waals surface area contributed by atoms with Gasteiger partial charge in [-0.1, -0.05) is 12.1 Å². The van der Waals surface area contributed by atoms with Crippen LogP contribution in [0.4, 0.5) is 10.2 Å². The van der Waals surface area contributed by atoms with E-state index in [1.54, 1.807) is 18.2 Å². The van der Waals surface area contributed by atoms with Crippen LogP contribution in [-0.4, -0.2) is 9.97 Å². The molecular formula is C12H9FN4. The maximum atomic E-state index is 12.7. The van der Waals surface area contributed by atoms with Gasteiger partial charge in [0, 0.05) is 12.6 Å². The smallest absolute Gasteiger partial charge is 0.145 e. The molecule has 2 rings (SSSR count). The second kappa shape index (κ2) is 5.03. The molecule has 0 aliphatic heterocycles. The number of nitriles is 1. The molecule has 84 valence electrons. The fraction of sp³-hybridized carbons (Fsp3) is 0.0833. The minimum atomic E-state index is -0.262. The predicted octanol–water partition coefficient (Wildman–Crippen LogP) is 2.10. The molecule has 5 heteroatoms. The Morgan fingerprint density at radius 1 is 1.24 bits per heavy atom. The third-order valence-corrected chi connectivity index (χ3v) is 2.17. The van der Waals surface area contributed by atoms with Gasteiger partial charge < -0.3 is 5.32 Å². The largest absolute Gasteiger partial charge is 0.366 e. The first-order valence-electron chi connectivity index (χ1n) is 4.98. The number of halogens is 1. The van der Waals surface area contributed by atoms with E-state index in [9.17, 15) is 4.39 Å². The number of hydrogen-bond acceptors (Lipinski definition) is 4. The van der Waals surface area contributed by atoms with Crippen molar-refractivity contribution in [2.24, 2.45) is 0 Å². The summed E-state index contributed by atoms with van der Waals surface area (Å²) in [6.45, 7) is 0.516. The van der Waals surface area contributed by atoms with Crippen molar-refractivity contribution in [1.29, 1.82) is 5.26 Å². The van der Waals surface area contributed by atoms with Gasteiger partial charge in [-0.05, 0) is 17.7 Å². The maximum Gasteiger partial charge on any atom is 0.145 e. The van der Waals surface area contributed by atoms with Crippen molar-refractivity contribution in [2.45, 2.75) is 6.54 Å². The molecule has 0 unspecified atom stereocenters. The van der Waals surface area contributed by atoms with Crippen molar-refractivity contribution in [2.75, 3.05) is 5.32 Å². The Kier molecular flexibility index (Phi) is 3.26. The van der Waals surface area contributed by atoms with E-state index < -0.39 is 0 Å². The molecule has 0 spiro atoms. The van der Waals surface area contributed by atoms with E-state index in [-0.39, 0.29) is 5.82 Å². The number of rotatable bonds is 3. The van der Waals surface area contributed by atoms with Crippen molar-refractivity contribution in [3.63, 3.8) is 0 Å². The molecule has 0 saturated heterocycles. The summed E-state index contributed by atoms with van der Waals surface area (Å²) in [5.41, 5.74) is 1.24. The molecule has 0 aliphatic rings. The minimum Gasteiger partial charge on any atom is -0.366 e. The molecule has 0 atom stereocenters. The second-order valence-corrected chi connectivity index (χ2v) is 3.38. The van der Waals surface area contributed by atoms with Gasteiger partial charge >= 0.3 is 0 Å². The highest BCUT2D eigenvalue weighted by Gasteiger charge is 1.98. The second-order valence-electron chi connectivity index (χ2n) is 3.38. The SMILES string of the molecule is N#Cc1cc(NCc2ccc(F)cc2)ncn1. The van der Waals surface area contributed by atoms with E-state index in [4.69, 9.17) is 5.26 Å². The topological polar surface area (TPSA) is 61.6 Å². The number of aromatic nitrogens is 2. The van der Waals surface area contributed by atoms with Crippen molar-refractivity contribution >= 4 is 5.82 Å². The summed E-state index contributed by atoms with van der Waals surface area (Å²) in [5.74, 6) is 0.309. The van der Waals surface area contributed by atoms with Crippen molar-refractivity contribution in [3.8, 4) is 6.07 Å². The number of nitrogens with zero attached hydrogens (tertiary/aromatic N) is 3. The molecule has 0 bridgehead atoms. The first-order valence-corrected chi connectivity index (χ1v) is 4.98. The molecule has 4 nitrogen and oxygen atoms in total. The number of nitrogens with one attached hydrogen (secondary N) is 1. The highest BCUT2D eigenvalue weighted by atomic mass is 19.1. The van der Waals surface area contributed by atoms with Crippen molar-refractivity contribution in [3.05, 3.63) is 53.7 Å². The molecule has 1 aromatic heterocycles. The summed E-state index contributed by atoms with van der Waals surface area (Å²) < 4.78 is 12.7. The summed E-state index contributed by atoms with van der Waals surface area (Å²) in [4.78, 5) is 7.74. The first-order chi connectivity index (χ1) is 8.28. The molecule has 0 amide bonds. The van der Waals surface area contributed by atoms with E-state index in [0.29, 0.717) is 18.1 Å². The van der Waals surface area contributed by atoms with Gasteiger partial charge in [0.25, 0.3) is 0 Å². The normalized spacial score (nSPS) is 9.65. The zero-order chi connectivity index (χ0) is 12.1. The minimum absolute atomic E-state index is 0.262. The Hall–Kier alpha value is -2.48. The van der Waals surface area contributed by atoms with Crippen LogP contribution < -0.4 is 5.32 Å². The van der Waals surface area contributed by atoms with Gasteiger partial charge in [0.15, 0.2) is 0 Å². The highest BCUT2D eigenvalue weighted by molar-refractivity contribution is 5.39. The van der Waals surface area contributed by atoms with Gasteiger partial charge in [0.2, 0.25) is 0 Å². The van der Waals surface area contributed by atoms with Crippen LogP contribution in [0.15, 0.2) is 36.7 Å². The van der Waals surface area contributed by atoms with Crippen LogP contribution in [0.2, 0.25) is 0 Å². The van der Waals surface area contributed by atoms with Crippen molar-refractivity contribution < 1.29 is 4.39 Å². The van der Waals surface area contributed by atoms with E-state index in [1.807, 2.05) is 6.07 Å². The van der Waals surface area contributed by atoms with Crippen LogP contribution >= 0.6 is 0 Å². The Balaban J connectivity index is 2.02. The summed E-state index contributed by atoms with van der Waals surface area (Å²) in [6, 6.07) is 9.67. The number of anilines is 1. The lowest BCUT2D eigenvalue weighted by Gasteiger charge is -2.05. The van der Waals surface area contributed by atoms with Crippen LogP contribution in [0.1, 0.15) is 11.3 Å². The lowest BCUT2D eigenvalue weighted by Crippen LogP contribution is -2.02. The Morgan fingerprint density at radius 3 is 2.71 bits per heavy atom. The lowest BCUT2D eigenvalue weighted by molar-refractivity contribution is 0.627. The zero-order valence-electron chi connectivity index (χ0n) is 8.89. The Labute approximate surface area is 97.8 Å². The van der Waals surface area contributed by atoms with Crippen LogP contribution in [0.25, 0.3) is 0 Å². The third kappa shape index (κ3) is 2.98. The zero-order valence-corrected chi connectivity index (χ0v) is 8.89. The van der Waals surface area contributed by atoms with Crippen LogP contribution in [0, 0.1) is 17.1 Å². The van der Waals surface area contributed by atoms with Gasteiger partial charge in [0.05, 0.1) is 0 Å². The van der Waals surface area contributed by atoms with E-state index in [2.05, 4.69) is 15.3 Å². The Bertz CT molecular complexity index is 545. The van der Waals surface area contributed by atoms with Gasteiger partial charge in [0.1, 0.15) is 29.7 Å². The van der Waals surface area contributed by atoms with Gasteiger partial charge in [-0.2, -0.15) is 5.26 Å². The summed E-state index contributed by atoms with van der Waals surface area (Å²) >= 11 is 0. The number of hydrogen-bond donors (Lipinski definition) is 1. The maximum absolute atomic E-state index is 12.7. The molecule has 0 fully saturated rings. The number of benzene rings is 1. The molecule has 1 N–H and O–H groups in total. The van der Waals surface area contributed by atoms with Gasteiger partial charge in [-0.25, -0.2) is 14.4 Å². The molecule has 0 radical (unpaired) electrons. The van der Waals surface area contributed by atoms with Crippen LogP contribution in [0.5, 0.6) is 0 Å². The average molecular weight is 228 g/mol. The average Bonchev–Trinajstić information content (AvgIpc) is 2.38. The highest BCUT2D eigenvalue weighted by Crippen LogP contribution is 2.07. The van der Waals surface area contributed by atoms with Crippen LogP contribution in [0.3, 0.4) is 0 Å². The molecule has 1 aromatic carbocycles. The third-order valence-electron chi connectivity index (χ3n) is 2.17. The van der Waals surface area contributed by atoms with Crippen molar-refractivity contribution in [1.82, 2.24) is 9.97 Å². The molecular weight excluding hydrogens is 219 g/mol. The lowest BCUT2D eigenvalue weighted by atomic mass is 10.2. The predicted molar refractivity (Wildman–Crippen MR) is 60.5 cm³/mol. The standard InChI is InChI=1S/C12H9FN4/c13-10-3-1-9(2-4-10)7-15-12-5-11(6-14)16-8-17-12/h1-5,8H,7H2,(H,15,16,17). The molecule has 2 aromatic rings. The van der Waals surface area contributed by atoms with E-state index in [1.165, 1.54) is 18.5 Å². The molecule has 17 heavy (non-hydrogen) atoms. The summed E-state index contributed by atoms with van der Waals surface area (Å²) in [7, 11) is 0. The fourth-order valence-corrected chi connectivity index (χ4v) is 1.31. The van der Waals surface area contributed by atoms with Crippen LogP contribution in [-0.2, 0) is 6.54 Å². The van der Waals surface area contributed by atoms with Gasteiger partial charge in [-0.15, -0.1) is 0 Å². The fourth-order valence-electron chi connectivity index (χ4n) is 1.31. The summed E-state index contributed by atoms with van der Waals surface area (Å²) in [6.07, 6.45) is 1.32. The quantitative estimate of drug-likeness (QED) is 0.873. The van der Waals surface area contributed by atoms with E-state index >= 15 is 0 Å².